The Morgan fingerprint density at radius 2 is 2.25 bits per heavy atom. The SMILES string of the molecule is CCc1nccn1CCC(=O)Nc1ccc(N)cc1C. The molecule has 1 aromatic heterocycles. The van der Waals surface area contributed by atoms with E-state index in [2.05, 4.69) is 17.2 Å². The highest BCUT2D eigenvalue weighted by molar-refractivity contribution is 5.91. The van der Waals surface area contributed by atoms with E-state index in [1.807, 2.05) is 29.8 Å². The number of nitrogens with two attached hydrogens (primary N) is 1. The first-order valence-electron chi connectivity index (χ1n) is 6.76. The van der Waals surface area contributed by atoms with Crippen molar-refractivity contribution in [2.45, 2.75) is 33.2 Å². The number of carbonyl (C=O) groups excluding carboxylic acids is 1. The van der Waals surface area contributed by atoms with Gasteiger partial charge in [0, 0.05) is 43.2 Å². The molecule has 0 unspecified atom stereocenters. The first-order chi connectivity index (χ1) is 9.60. The Labute approximate surface area is 118 Å². The molecule has 0 saturated heterocycles. The first-order valence-corrected chi connectivity index (χ1v) is 6.76. The monoisotopic (exact) mass is 272 g/mol. The zero-order valence-electron chi connectivity index (χ0n) is 11.9. The molecular formula is C15H20N4O. The van der Waals surface area contributed by atoms with Crippen molar-refractivity contribution in [3.63, 3.8) is 0 Å². The van der Waals surface area contributed by atoms with Crippen LogP contribution in [0.4, 0.5) is 11.4 Å². The van der Waals surface area contributed by atoms with Gasteiger partial charge in [0.05, 0.1) is 0 Å². The van der Waals surface area contributed by atoms with E-state index in [0.29, 0.717) is 18.7 Å². The van der Waals surface area contributed by atoms with E-state index in [0.717, 1.165) is 23.5 Å². The van der Waals surface area contributed by atoms with Crippen LogP contribution in [0, 0.1) is 6.92 Å². The minimum Gasteiger partial charge on any atom is -0.399 e. The summed E-state index contributed by atoms with van der Waals surface area (Å²) in [6.45, 7) is 4.62. The molecule has 2 aromatic rings. The molecular weight excluding hydrogens is 252 g/mol. The quantitative estimate of drug-likeness (QED) is 0.821. The molecule has 0 aliphatic rings. The number of aromatic nitrogens is 2. The molecule has 0 aliphatic heterocycles. The fourth-order valence-electron chi connectivity index (χ4n) is 2.12. The van der Waals surface area contributed by atoms with E-state index in [9.17, 15) is 4.79 Å². The van der Waals surface area contributed by atoms with Crippen LogP contribution in [0.1, 0.15) is 24.7 Å². The summed E-state index contributed by atoms with van der Waals surface area (Å²) in [6, 6.07) is 5.46. The van der Waals surface area contributed by atoms with E-state index in [-0.39, 0.29) is 5.91 Å². The second-order valence-electron chi connectivity index (χ2n) is 4.76. The van der Waals surface area contributed by atoms with Crippen LogP contribution in [0.3, 0.4) is 0 Å². The molecule has 5 nitrogen and oxygen atoms in total. The van der Waals surface area contributed by atoms with Gasteiger partial charge in [-0.2, -0.15) is 0 Å². The van der Waals surface area contributed by atoms with Crippen molar-refractivity contribution in [1.82, 2.24) is 9.55 Å². The van der Waals surface area contributed by atoms with E-state index >= 15 is 0 Å². The summed E-state index contributed by atoms with van der Waals surface area (Å²) < 4.78 is 2.01. The number of imidazole rings is 1. The molecule has 0 aliphatic carbocycles. The Hall–Kier alpha value is -2.30. The molecule has 0 spiro atoms. The van der Waals surface area contributed by atoms with Gasteiger partial charge in [-0.1, -0.05) is 6.92 Å². The maximum Gasteiger partial charge on any atom is 0.226 e. The molecule has 106 valence electrons. The Kier molecular flexibility index (Phi) is 4.40. The molecule has 3 N–H and O–H groups in total. The third-order valence-corrected chi connectivity index (χ3v) is 3.22. The molecule has 0 fully saturated rings. The van der Waals surface area contributed by atoms with Gasteiger partial charge in [-0.25, -0.2) is 4.98 Å². The lowest BCUT2D eigenvalue weighted by molar-refractivity contribution is -0.116. The molecule has 20 heavy (non-hydrogen) atoms. The van der Waals surface area contributed by atoms with Crippen LogP contribution in [-0.2, 0) is 17.8 Å². The van der Waals surface area contributed by atoms with Gasteiger partial charge < -0.3 is 15.6 Å². The summed E-state index contributed by atoms with van der Waals surface area (Å²) in [5.74, 6) is 0.995. The number of benzene rings is 1. The zero-order chi connectivity index (χ0) is 14.5. The minimum absolute atomic E-state index is 0.00590. The molecule has 0 radical (unpaired) electrons. The number of aryl methyl sites for hydroxylation is 3. The van der Waals surface area contributed by atoms with Crippen molar-refractivity contribution in [2.75, 3.05) is 11.1 Å². The Morgan fingerprint density at radius 1 is 1.45 bits per heavy atom. The lowest BCUT2D eigenvalue weighted by atomic mass is 10.2. The largest absolute Gasteiger partial charge is 0.399 e. The second-order valence-corrected chi connectivity index (χ2v) is 4.76. The van der Waals surface area contributed by atoms with Gasteiger partial charge in [-0.05, 0) is 30.7 Å². The Bertz CT molecular complexity index is 604. The number of hydrogen-bond acceptors (Lipinski definition) is 3. The van der Waals surface area contributed by atoms with Gasteiger partial charge in [0.25, 0.3) is 0 Å². The maximum atomic E-state index is 12.0. The Morgan fingerprint density at radius 3 is 2.95 bits per heavy atom. The number of rotatable bonds is 5. The normalized spacial score (nSPS) is 10.5. The van der Waals surface area contributed by atoms with E-state index in [1.54, 1.807) is 12.3 Å². The van der Waals surface area contributed by atoms with Crippen LogP contribution >= 0.6 is 0 Å². The fraction of sp³-hybridized carbons (Fsp3) is 0.333. The van der Waals surface area contributed by atoms with Gasteiger partial charge in [0.2, 0.25) is 5.91 Å². The van der Waals surface area contributed by atoms with E-state index < -0.39 is 0 Å². The van der Waals surface area contributed by atoms with Crippen LogP contribution < -0.4 is 11.1 Å². The van der Waals surface area contributed by atoms with Crippen LogP contribution in [0.25, 0.3) is 0 Å². The van der Waals surface area contributed by atoms with Crippen LogP contribution in [0.15, 0.2) is 30.6 Å². The highest BCUT2D eigenvalue weighted by Crippen LogP contribution is 2.17. The second kappa shape index (κ2) is 6.23. The first kappa shape index (κ1) is 14.1. The average Bonchev–Trinajstić information content (AvgIpc) is 2.87. The molecule has 0 bridgehead atoms. The van der Waals surface area contributed by atoms with E-state index in [4.69, 9.17) is 5.73 Å². The number of carbonyl (C=O) groups is 1. The molecule has 2 rings (SSSR count). The third-order valence-electron chi connectivity index (χ3n) is 3.22. The van der Waals surface area contributed by atoms with Crippen molar-refractivity contribution in [3.05, 3.63) is 42.0 Å². The Balaban J connectivity index is 1.93. The van der Waals surface area contributed by atoms with Crippen LogP contribution in [0.2, 0.25) is 0 Å². The summed E-state index contributed by atoms with van der Waals surface area (Å²) in [7, 11) is 0. The summed E-state index contributed by atoms with van der Waals surface area (Å²) in [5, 5.41) is 2.91. The van der Waals surface area contributed by atoms with Crippen molar-refractivity contribution < 1.29 is 4.79 Å². The number of nitrogen functional groups attached to an aromatic ring is 1. The van der Waals surface area contributed by atoms with Gasteiger partial charge >= 0.3 is 0 Å². The average molecular weight is 272 g/mol. The van der Waals surface area contributed by atoms with Gasteiger partial charge in [-0.15, -0.1) is 0 Å². The number of anilines is 2. The molecule has 1 amide bonds. The van der Waals surface area contributed by atoms with Crippen molar-refractivity contribution in [1.29, 1.82) is 0 Å². The predicted molar refractivity (Wildman–Crippen MR) is 80.4 cm³/mol. The third kappa shape index (κ3) is 3.38. The summed E-state index contributed by atoms with van der Waals surface area (Å²) in [5.41, 5.74) is 8.17. The van der Waals surface area contributed by atoms with Crippen molar-refractivity contribution in [3.8, 4) is 0 Å². The number of nitrogens with one attached hydrogen (secondary N) is 1. The summed E-state index contributed by atoms with van der Waals surface area (Å²) in [4.78, 5) is 16.2. The lowest BCUT2D eigenvalue weighted by Crippen LogP contribution is -2.15. The molecule has 1 aromatic carbocycles. The lowest BCUT2D eigenvalue weighted by Gasteiger charge is -2.10. The van der Waals surface area contributed by atoms with Crippen LogP contribution in [-0.4, -0.2) is 15.5 Å². The van der Waals surface area contributed by atoms with Crippen molar-refractivity contribution >= 4 is 17.3 Å². The van der Waals surface area contributed by atoms with E-state index in [1.165, 1.54) is 0 Å². The highest BCUT2D eigenvalue weighted by Gasteiger charge is 2.07. The highest BCUT2D eigenvalue weighted by atomic mass is 16.1. The standard InChI is InChI=1S/C15H20N4O/c1-3-14-17-7-9-19(14)8-6-15(20)18-13-5-4-12(16)10-11(13)2/h4-5,7,9-10H,3,6,8,16H2,1-2H3,(H,18,20). The smallest absolute Gasteiger partial charge is 0.226 e. The molecule has 5 heteroatoms. The van der Waals surface area contributed by atoms with Gasteiger partial charge in [0.1, 0.15) is 5.82 Å². The number of nitrogens with zero attached hydrogens (tertiary/aromatic N) is 2. The molecule has 0 atom stereocenters. The number of amides is 1. The topological polar surface area (TPSA) is 72.9 Å². The fourth-order valence-corrected chi connectivity index (χ4v) is 2.12. The van der Waals surface area contributed by atoms with Gasteiger partial charge in [0.15, 0.2) is 0 Å². The molecule has 0 saturated carbocycles. The maximum absolute atomic E-state index is 12.0. The number of hydrogen-bond donors (Lipinski definition) is 2. The minimum atomic E-state index is -0.00590. The van der Waals surface area contributed by atoms with Gasteiger partial charge in [-0.3, -0.25) is 4.79 Å². The molecule has 1 heterocycles. The van der Waals surface area contributed by atoms with Crippen LogP contribution in [0.5, 0.6) is 0 Å². The zero-order valence-corrected chi connectivity index (χ0v) is 11.9. The summed E-state index contributed by atoms with van der Waals surface area (Å²) >= 11 is 0. The predicted octanol–water partition coefficient (Wildman–Crippen LogP) is 2.36. The van der Waals surface area contributed by atoms with Crippen molar-refractivity contribution in [2.24, 2.45) is 0 Å². The summed E-state index contributed by atoms with van der Waals surface area (Å²) in [6.07, 6.45) is 4.96.